The minimum absolute atomic E-state index is 0. The average molecular weight is 412 g/mol. The number of carboxylic acids is 1. The first kappa shape index (κ1) is 24.6. The van der Waals surface area contributed by atoms with Crippen LogP contribution in [-0.4, -0.2) is 17.2 Å². The van der Waals surface area contributed by atoms with E-state index in [2.05, 4.69) is 6.92 Å². The molecule has 0 amide bonds. The average Bonchev–Trinajstić information content (AvgIpc) is 2.45. The first-order chi connectivity index (χ1) is 10.2. The Bertz CT molecular complexity index is 234. The normalized spacial score (nSPS) is 11.9. The number of carbonyl (C=O) groups excluding carboxylic acids is 1. The van der Waals surface area contributed by atoms with Crippen LogP contribution in [0, 0.1) is 0 Å². The van der Waals surface area contributed by atoms with E-state index in [1.165, 1.54) is 51.4 Å². The molecule has 0 aliphatic carbocycles. The topological polar surface area (TPSA) is 60.4 Å². The van der Waals surface area contributed by atoms with Gasteiger partial charge < -0.3 is 15.0 Å². The van der Waals surface area contributed by atoms with Gasteiger partial charge in [0.15, 0.2) is 0 Å². The number of carbonyl (C=O) groups is 1. The minimum atomic E-state index is -0.928. The van der Waals surface area contributed by atoms with Gasteiger partial charge in [-0.3, -0.25) is 0 Å². The molecule has 0 radical (unpaired) electrons. The molecule has 1 atom stereocenters. The van der Waals surface area contributed by atoms with Crippen molar-refractivity contribution in [2.75, 3.05) is 0 Å². The number of aliphatic hydroxyl groups excluding tert-OH is 1. The number of aliphatic carboxylic acids is 1. The van der Waals surface area contributed by atoms with E-state index in [9.17, 15) is 15.0 Å². The Balaban J connectivity index is 0. The molecule has 0 spiro atoms. The number of carboxylic acid groups (broad SMARTS) is 1. The summed E-state index contributed by atoms with van der Waals surface area (Å²) < 4.78 is 0. The molecular formula is C18H35CdO3+. The van der Waals surface area contributed by atoms with Crippen molar-refractivity contribution in [1.29, 1.82) is 0 Å². The van der Waals surface area contributed by atoms with Crippen LogP contribution >= 0.6 is 0 Å². The van der Waals surface area contributed by atoms with Crippen molar-refractivity contribution in [3.8, 4) is 0 Å². The molecule has 0 saturated heterocycles. The number of aliphatic hydroxyl groups is 1. The van der Waals surface area contributed by atoms with Crippen LogP contribution in [-0.2, 0) is 32.1 Å². The summed E-state index contributed by atoms with van der Waals surface area (Å²) in [5.74, 6) is -0.928. The first-order valence-corrected chi connectivity index (χ1v) is 9.04. The molecule has 126 valence electrons. The molecule has 3 nitrogen and oxygen atoms in total. The molecule has 0 aromatic rings. The van der Waals surface area contributed by atoms with Crippen LogP contribution in [0.2, 0.25) is 0 Å². The van der Waals surface area contributed by atoms with Gasteiger partial charge in [0.05, 0.1) is 6.10 Å². The first-order valence-electron chi connectivity index (χ1n) is 9.04. The standard InChI is InChI=1S/C18H36O3.Cd/c1-2-3-4-11-14-17(19)15-12-9-7-5-6-8-10-13-16-18(20)21;/h17,19H,2-16H2,1H3,(H,20,21);/q;+2/p-1. The summed E-state index contributed by atoms with van der Waals surface area (Å²) >= 11 is 0. The molecule has 0 aromatic carbocycles. The van der Waals surface area contributed by atoms with Crippen LogP contribution in [0.15, 0.2) is 0 Å². The minimum Gasteiger partial charge on any atom is -0.550 e. The quantitative estimate of drug-likeness (QED) is 0.309. The van der Waals surface area contributed by atoms with Gasteiger partial charge in [-0.05, 0) is 25.7 Å². The van der Waals surface area contributed by atoms with Gasteiger partial charge in [-0.15, -0.1) is 0 Å². The van der Waals surface area contributed by atoms with Crippen molar-refractivity contribution in [2.24, 2.45) is 0 Å². The third-order valence-electron chi connectivity index (χ3n) is 4.06. The Morgan fingerprint density at radius 1 is 0.818 bits per heavy atom. The predicted molar refractivity (Wildman–Crippen MR) is 85.9 cm³/mol. The molecular weight excluding hydrogens is 377 g/mol. The van der Waals surface area contributed by atoms with Gasteiger partial charge >= 0.3 is 27.3 Å². The van der Waals surface area contributed by atoms with E-state index < -0.39 is 5.97 Å². The number of unbranched alkanes of at least 4 members (excludes halogenated alkanes) is 10. The third kappa shape index (κ3) is 20.4. The second-order valence-corrected chi connectivity index (χ2v) is 6.24. The van der Waals surface area contributed by atoms with E-state index in [0.29, 0.717) is 0 Å². The molecule has 4 heteroatoms. The molecule has 0 fully saturated rings. The number of hydrogen-bond donors (Lipinski definition) is 1. The molecule has 0 aliphatic rings. The second-order valence-electron chi connectivity index (χ2n) is 6.24. The van der Waals surface area contributed by atoms with Gasteiger partial charge in [-0.25, -0.2) is 0 Å². The van der Waals surface area contributed by atoms with Crippen molar-refractivity contribution >= 4 is 5.97 Å². The van der Waals surface area contributed by atoms with Crippen LogP contribution < -0.4 is 5.11 Å². The van der Waals surface area contributed by atoms with E-state index in [-0.39, 0.29) is 39.8 Å². The Morgan fingerprint density at radius 3 is 1.68 bits per heavy atom. The maximum Gasteiger partial charge on any atom is 2.00 e. The van der Waals surface area contributed by atoms with E-state index in [4.69, 9.17) is 0 Å². The SMILES string of the molecule is CCCCCCC(O)CCCCCCCCCCC(=O)[O-].[Cd+2]. The molecule has 0 aromatic heterocycles. The summed E-state index contributed by atoms with van der Waals surface area (Å²) in [5, 5.41) is 20.1. The van der Waals surface area contributed by atoms with Crippen molar-refractivity contribution in [2.45, 2.75) is 109 Å². The van der Waals surface area contributed by atoms with Crippen LogP contribution in [0.1, 0.15) is 103 Å². The maximum atomic E-state index is 10.2. The van der Waals surface area contributed by atoms with Gasteiger partial charge in [-0.2, -0.15) is 0 Å². The molecule has 0 rings (SSSR count). The Hall–Kier alpha value is 0.352. The van der Waals surface area contributed by atoms with Crippen molar-refractivity contribution in [3.63, 3.8) is 0 Å². The fourth-order valence-corrected chi connectivity index (χ4v) is 2.66. The third-order valence-corrected chi connectivity index (χ3v) is 4.06. The zero-order valence-corrected chi connectivity index (χ0v) is 18.7. The van der Waals surface area contributed by atoms with Gasteiger partial charge in [0.2, 0.25) is 0 Å². The summed E-state index contributed by atoms with van der Waals surface area (Å²) in [7, 11) is 0. The number of hydrogen-bond acceptors (Lipinski definition) is 3. The smallest absolute Gasteiger partial charge is 0.550 e. The van der Waals surface area contributed by atoms with E-state index in [1.54, 1.807) is 0 Å². The van der Waals surface area contributed by atoms with Crippen LogP contribution in [0.4, 0.5) is 0 Å². The van der Waals surface area contributed by atoms with E-state index in [0.717, 1.165) is 38.5 Å². The zero-order chi connectivity index (χ0) is 15.8. The van der Waals surface area contributed by atoms with E-state index >= 15 is 0 Å². The van der Waals surface area contributed by atoms with Crippen molar-refractivity contribution in [3.05, 3.63) is 0 Å². The van der Waals surface area contributed by atoms with Gasteiger partial charge in [0.1, 0.15) is 0 Å². The largest absolute Gasteiger partial charge is 2.00 e. The Kier molecular flexibility index (Phi) is 21.7. The van der Waals surface area contributed by atoms with Crippen LogP contribution in [0.3, 0.4) is 0 Å². The molecule has 0 bridgehead atoms. The summed E-state index contributed by atoms with van der Waals surface area (Å²) in [6.07, 6.45) is 15.9. The summed E-state index contributed by atoms with van der Waals surface area (Å²) in [6, 6.07) is 0. The maximum absolute atomic E-state index is 10.2. The molecule has 0 aliphatic heterocycles. The second kappa shape index (κ2) is 19.4. The van der Waals surface area contributed by atoms with E-state index in [1.807, 2.05) is 0 Å². The fourth-order valence-electron chi connectivity index (χ4n) is 2.66. The summed E-state index contributed by atoms with van der Waals surface area (Å²) in [6.45, 7) is 2.21. The Morgan fingerprint density at radius 2 is 1.23 bits per heavy atom. The zero-order valence-electron chi connectivity index (χ0n) is 14.7. The van der Waals surface area contributed by atoms with Crippen LogP contribution in [0.5, 0.6) is 0 Å². The number of rotatable bonds is 16. The summed E-state index contributed by atoms with van der Waals surface area (Å²) in [5.41, 5.74) is 0. The van der Waals surface area contributed by atoms with Gasteiger partial charge in [0.25, 0.3) is 0 Å². The van der Waals surface area contributed by atoms with Crippen molar-refractivity contribution < 1.29 is 42.3 Å². The molecule has 22 heavy (non-hydrogen) atoms. The summed E-state index contributed by atoms with van der Waals surface area (Å²) in [4.78, 5) is 10.2. The predicted octanol–water partition coefficient (Wildman–Crippen LogP) is 3.97. The molecule has 1 unspecified atom stereocenters. The fraction of sp³-hybridized carbons (Fsp3) is 0.944. The molecule has 0 saturated carbocycles. The Labute approximate surface area is 157 Å². The van der Waals surface area contributed by atoms with Gasteiger partial charge in [-0.1, -0.05) is 77.6 Å². The molecule has 0 heterocycles. The van der Waals surface area contributed by atoms with Crippen molar-refractivity contribution in [1.82, 2.24) is 0 Å². The van der Waals surface area contributed by atoms with Crippen LogP contribution in [0.25, 0.3) is 0 Å². The monoisotopic (exact) mass is 413 g/mol. The molecule has 1 N–H and O–H groups in total. The van der Waals surface area contributed by atoms with Gasteiger partial charge in [0, 0.05) is 5.97 Å².